The number of rotatable bonds is 7. The molecule has 1 nitrogen and oxygen atoms in total. The molecule has 2 aliphatic rings. The summed E-state index contributed by atoms with van der Waals surface area (Å²) in [5.74, 6) is 0. The predicted molar refractivity (Wildman–Crippen MR) is 256 cm³/mol. The number of benzene rings is 9. The minimum Gasteiger partial charge on any atom is -0.310 e. The minimum absolute atomic E-state index is 0.155. The minimum atomic E-state index is -0.522. The van der Waals surface area contributed by atoms with Crippen molar-refractivity contribution in [3.63, 3.8) is 0 Å². The molecule has 0 aliphatic heterocycles. The Balaban J connectivity index is 1.21. The van der Waals surface area contributed by atoms with Crippen LogP contribution in [-0.4, -0.2) is 0 Å². The summed E-state index contributed by atoms with van der Waals surface area (Å²) in [5.41, 5.74) is 23.0. The monoisotopic (exact) mass is 781 g/mol. The summed E-state index contributed by atoms with van der Waals surface area (Å²) < 4.78 is 0. The summed E-state index contributed by atoms with van der Waals surface area (Å²) >= 11 is 0. The van der Waals surface area contributed by atoms with Gasteiger partial charge in [0.2, 0.25) is 0 Å². The highest BCUT2D eigenvalue weighted by atomic mass is 15.1. The Morgan fingerprint density at radius 1 is 0.328 bits per heavy atom. The van der Waals surface area contributed by atoms with Crippen molar-refractivity contribution >= 4 is 17.1 Å². The summed E-state index contributed by atoms with van der Waals surface area (Å²) in [5, 5.41) is 0. The van der Waals surface area contributed by atoms with Gasteiger partial charge in [0.15, 0.2) is 0 Å². The van der Waals surface area contributed by atoms with Gasteiger partial charge in [-0.25, -0.2) is 0 Å². The van der Waals surface area contributed by atoms with E-state index in [0.29, 0.717) is 0 Å². The number of aryl methyl sites for hydroxylation is 2. The van der Waals surface area contributed by atoms with Gasteiger partial charge < -0.3 is 4.90 Å². The lowest BCUT2D eigenvalue weighted by molar-refractivity contribution is 0.660. The first-order chi connectivity index (χ1) is 29.8. The first-order valence-electron chi connectivity index (χ1n) is 21.5. The van der Waals surface area contributed by atoms with E-state index in [1.54, 1.807) is 0 Å². The molecule has 0 amide bonds. The van der Waals surface area contributed by atoms with Crippen molar-refractivity contribution < 1.29 is 0 Å². The van der Waals surface area contributed by atoms with E-state index < -0.39 is 5.41 Å². The molecule has 0 heterocycles. The predicted octanol–water partition coefficient (Wildman–Crippen LogP) is 15.8. The first-order valence-corrected chi connectivity index (χ1v) is 21.5. The van der Waals surface area contributed by atoms with Crippen molar-refractivity contribution in [3.05, 3.63) is 257 Å². The van der Waals surface area contributed by atoms with Gasteiger partial charge in [0.1, 0.15) is 0 Å². The molecular formula is C60H47N. The van der Waals surface area contributed by atoms with Gasteiger partial charge in [-0.2, -0.15) is 0 Å². The fourth-order valence-electron chi connectivity index (χ4n) is 10.6. The van der Waals surface area contributed by atoms with Crippen LogP contribution in [0.25, 0.3) is 44.5 Å². The topological polar surface area (TPSA) is 3.24 Å². The van der Waals surface area contributed by atoms with Crippen LogP contribution in [0.5, 0.6) is 0 Å². The maximum absolute atomic E-state index is 2.53. The van der Waals surface area contributed by atoms with E-state index in [2.05, 4.69) is 245 Å². The van der Waals surface area contributed by atoms with Crippen LogP contribution in [0.3, 0.4) is 0 Å². The Morgan fingerprint density at radius 2 is 0.820 bits per heavy atom. The lowest BCUT2D eigenvalue weighted by Crippen LogP contribution is -2.28. The van der Waals surface area contributed by atoms with Crippen LogP contribution in [0.4, 0.5) is 17.1 Å². The molecule has 0 N–H and O–H groups in total. The second kappa shape index (κ2) is 14.2. The maximum Gasteiger partial charge on any atom is 0.0714 e. The molecule has 0 spiro atoms. The molecule has 0 atom stereocenters. The third-order valence-corrected chi connectivity index (χ3v) is 13.4. The molecule has 0 radical (unpaired) electrons. The molecular weight excluding hydrogens is 735 g/mol. The van der Waals surface area contributed by atoms with Crippen molar-refractivity contribution in [2.75, 3.05) is 4.90 Å². The van der Waals surface area contributed by atoms with E-state index >= 15 is 0 Å². The Labute approximate surface area is 360 Å². The fourth-order valence-corrected chi connectivity index (χ4v) is 10.6. The SMILES string of the molecule is Cc1cccc(-c2ccc(N(c3ccc4c(c3)C(C)(C)c3ccccc3-4)c3ccc4c(c3)C(c3ccccc3)(c3ccccc3)c3ccccc3-4)c(-c3cccc(C)c3)c2)c1. The highest BCUT2D eigenvalue weighted by Crippen LogP contribution is 2.58. The summed E-state index contributed by atoms with van der Waals surface area (Å²) in [6, 6.07) is 79.5. The highest BCUT2D eigenvalue weighted by Gasteiger charge is 2.46. The summed E-state index contributed by atoms with van der Waals surface area (Å²) in [6.07, 6.45) is 0. The smallest absolute Gasteiger partial charge is 0.0714 e. The number of hydrogen-bond donors (Lipinski definition) is 0. The summed E-state index contributed by atoms with van der Waals surface area (Å²) in [7, 11) is 0. The molecule has 0 unspecified atom stereocenters. The number of anilines is 3. The van der Waals surface area contributed by atoms with Crippen LogP contribution in [0.15, 0.2) is 212 Å². The Kier molecular flexibility index (Phi) is 8.58. The van der Waals surface area contributed by atoms with Crippen LogP contribution < -0.4 is 4.90 Å². The average molecular weight is 782 g/mol. The van der Waals surface area contributed by atoms with E-state index in [0.717, 1.165) is 17.1 Å². The second-order valence-corrected chi connectivity index (χ2v) is 17.5. The normalized spacial score (nSPS) is 13.8. The second-order valence-electron chi connectivity index (χ2n) is 17.5. The van der Waals surface area contributed by atoms with Gasteiger partial charge in [-0.15, -0.1) is 0 Å². The highest BCUT2D eigenvalue weighted by molar-refractivity contribution is 5.95. The molecule has 0 saturated heterocycles. The Morgan fingerprint density at radius 3 is 1.46 bits per heavy atom. The molecule has 9 aromatic carbocycles. The Hall–Kier alpha value is -7.22. The lowest BCUT2D eigenvalue weighted by atomic mass is 9.67. The third kappa shape index (κ3) is 5.76. The molecule has 9 aromatic rings. The van der Waals surface area contributed by atoms with Gasteiger partial charge in [-0.3, -0.25) is 0 Å². The molecule has 0 fully saturated rings. The van der Waals surface area contributed by atoms with Gasteiger partial charge in [-0.1, -0.05) is 201 Å². The van der Waals surface area contributed by atoms with Crippen molar-refractivity contribution in [2.45, 2.75) is 38.5 Å². The van der Waals surface area contributed by atoms with Gasteiger partial charge in [-0.05, 0) is 123 Å². The van der Waals surface area contributed by atoms with Crippen LogP contribution in [0, 0.1) is 13.8 Å². The van der Waals surface area contributed by atoms with E-state index in [1.165, 1.54) is 89.0 Å². The molecule has 11 rings (SSSR count). The zero-order valence-electron chi connectivity index (χ0n) is 35.2. The first kappa shape index (κ1) is 36.8. The third-order valence-electron chi connectivity index (χ3n) is 13.4. The van der Waals surface area contributed by atoms with Crippen LogP contribution >= 0.6 is 0 Å². The average Bonchev–Trinajstić information content (AvgIpc) is 3.72. The number of hydrogen-bond acceptors (Lipinski definition) is 1. The fraction of sp³-hybridized carbons (Fsp3) is 0.100. The standard InChI is InChI=1S/C60H47N/c1-40-17-15-19-42(35-40)43-29-34-58(53(37-43)44-20-16-18-41(2)36-44)61(47-30-32-51-49-25-11-13-27-54(49)59(3,4)56(51)38-47)48-31-33-52-50-26-12-14-28-55(50)60(57(52)39-48,45-21-7-5-8-22-45)46-23-9-6-10-24-46/h5-39H,1-4H3. The van der Waals surface area contributed by atoms with Gasteiger partial charge in [0.05, 0.1) is 11.1 Å². The molecule has 0 saturated carbocycles. The lowest BCUT2D eigenvalue weighted by Gasteiger charge is -2.35. The maximum atomic E-state index is 2.53. The molecule has 0 bridgehead atoms. The largest absolute Gasteiger partial charge is 0.310 e. The molecule has 61 heavy (non-hydrogen) atoms. The van der Waals surface area contributed by atoms with Crippen molar-refractivity contribution in [1.82, 2.24) is 0 Å². The van der Waals surface area contributed by atoms with Crippen LogP contribution in [0.2, 0.25) is 0 Å². The zero-order valence-corrected chi connectivity index (χ0v) is 35.2. The van der Waals surface area contributed by atoms with Crippen LogP contribution in [-0.2, 0) is 10.8 Å². The van der Waals surface area contributed by atoms with Crippen molar-refractivity contribution in [3.8, 4) is 44.5 Å². The van der Waals surface area contributed by atoms with E-state index in [4.69, 9.17) is 0 Å². The Bertz CT molecular complexity index is 3100. The zero-order chi connectivity index (χ0) is 41.3. The van der Waals surface area contributed by atoms with Crippen molar-refractivity contribution in [2.24, 2.45) is 0 Å². The molecule has 0 aromatic heterocycles. The molecule has 2 aliphatic carbocycles. The van der Waals surface area contributed by atoms with Crippen molar-refractivity contribution in [1.29, 1.82) is 0 Å². The van der Waals surface area contributed by atoms with Gasteiger partial charge >= 0.3 is 0 Å². The summed E-state index contributed by atoms with van der Waals surface area (Å²) in [4.78, 5) is 2.53. The van der Waals surface area contributed by atoms with E-state index in [1.807, 2.05) is 0 Å². The quantitative estimate of drug-likeness (QED) is 0.156. The summed E-state index contributed by atoms with van der Waals surface area (Å²) in [6.45, 7) is 9.12. The molecule has 292 valence electrons. The number of nitrogens with zero attached hydrogens (tertiary/aromatic N) is 1. The van der Waals surface area contributed by atoms with Gasteiger partial charge in [0.25, 0.3) is 0 Å². The molecule has 1 heteroatoms. The number of fused-ring (bicyclic) bond motifs is 6. The van der Waals surface area contributed by atoms with Gasteiger partial charge in [0, 0.05) is 22.4 Å². The van der Waals surface area contributed by atoms with Crippen LogP contribution in [0.1, 0.15) is 58.4 Å². The van der Waals surface area contributed by atoms with E-state index in [-0.39, 0.29) is 5.41 Å². The van der Waals surface area contributed by atoms with E-state index in [9.17, 15) is 0 Å².